The Bertz CT molecular complexity index is 1570. The highest BCUT2D eigenvalue weighted by atomic mass is 32.1. The molecular weight excluding hydrogens is 423 g/mol. The van der Waals surface area contributed by atoms with E-state index in [1.54, 1.807) is 17.6 Å². The quantitative estimate of drug-likeness (QED) is 0.217. The van der Waals surface area contributed by atoms with E-state index in [9.17, 15) is 9.18 Å². The van der Waals surface area contributed by atoms with Gasteiger partial charge < -0.3 is 8.97 Å². The van der Waals surface area contributed by atoms with Crippen LogP contribution < -0.4 is 4.80 Å². The Balaban J connectivity index is 1.60. The van der Waals surface area contributed by atoms with Gasteiger partial charge in [0.2, 0.25) is 10.6 Å². The second kappa shape index (κ2) is 8.01. The van der Waals surface area contributed by atoms with Gasteiger partial charge in [0, 0.05) is 24.4 Å². The molecule has 0 N–H and O–H groups in total. The highest BCUT2D eigenvalue weighted by Crippen LogP contribution is 2.24. The number of benzene rings is 2. The Morgan fingerprint density at radius 3 is 2.50 bits per heavy atom. The van der Waals surface area contributed by atoms with Crippen molar-refractivity contribution in [3.63, 3.8) is 0 Å². The van der Waals surface area contributed by atoms with Gasteiger partial charge in [0.05, 0.1) is 27.6 Å². The zero-order chi connectivity index (χ0) is 22.2. The molecule has 0 amide bonds. The zero-order valence-corrected chi connectivity index (χ0v) is 18.3. The van der Waals surface area contributed by atoms with Gasteiger partial charge in [-0.25, -0.2) is 4.39 Å². The summed E-state index contributed by atoms with van der Waals surface area (Å²) in [7, 11) is 1.96. The summed E-state index contributed by atoms with van der Waals surface area (Å²) in [6.45, 7) is 1.89. The number of rotatable bonds is 4. The van der Waals surface area contributed by atoms with Gasteiger partial charge in [-0.05, 0) is 61.0 Å². The van der Waals surface area contributed by atoms with E-state index in [-0.39, 0.29) is 11.6 Å². The van der Waals surface area contributed by atoms with E-state index in [1.807, 2.05) is 65.5 Å². The lowest BCUT2D eigenvalue weighted by Gasteiger charge is -2.04. The van der Waals surface area contributed by atoms with Crippen LogP contribution in [0.4, 0.5) is 4.39 Å². The molecule has 0 radical (unpaired) electrons. The topological polar surface area (TPSA) is 51.1 Å². The molecule has 5 aromatic rings. The Kier molecular flexibility index (Phi) is 5.03. The summed E-state index contributed by atoms with van der Waals surface area (Å²) in [5, 5.41) is 8.77. The van der Waals surface area contributed by atoms with E-state index < -0.39 is 0 Å². The van der Waals surface area contributed by atoms with Crippen LogP contribution >= 0.6 is 11.3 Å². The van der Waals surface area contributed by atoms with Crippen LogP contribution in [0.5, 0.6) is 0 Å². The largest absolute Gasteiger partial charge is 0.318 e. The van der Waals surface area contributed by atoms with Crippen molar-refractivity contribution in [3.8, 4) is 0 Å². The zero-order valence-electron chi connectivity index (χ0n) is 17.5. The summed E-state index contributed by atoms with van der Waals surface area (Å²) in [5.41, 5.74) is 4.54. The Morgan fingerprint density at radius 2 is 1.72 bits per heavy atom. The van der Waals surface area contributed by atoms with E-state index in [4.69, 9.17) is 0 Å². The van der Waals surface area contributed by atoms with E-state index in [0.717, 1.165) is 31.7 Å². The Morgan fingerprint density at radius 1 is 1.00 bits per heavy atom. The van der Waals surface area contributed by atoms with Crippen LogP contribution in [0.25, 0.3) is 15.7 Å². The predicted octanol–water partition coefficient (Wildman–Crippen LogP) is 5.11. The van der Waals surface area contributed by atoms with Crippen molar-refractivity contribution in [2.75, 3.05) is 0 Å². The molecule has 0 aliphatic carbocycles. The van der Waals surface area contributed by atoms with Gasteiger partial charge in [0.15, 0.2) is 0 Å². The standard InChI is InChI=1S/C25H19FN4OS/c1-16-19(15-27-28-25-29(2)21-8-3-4-9-22(21)32-25)20-7-5-6-14-30(20)23(16)24(31)17-10-12-18(26)13-11-17/h3-15H,1-2H3/b27-15-,28-25-. The third kappa shape index (κ3) is 3.36. The first-order valence-electron chi connectivity index (χ1n) is 10.1. The second-order valence-electron chi connectivity index (χ2n) is 7.44. The minimum atomic E-state index is -0.373. The second-order valence-corrected chi connectivity index (χ2v) is 8.44. The summed E-state index contributed by atoms with van der Waals surface area (Å²) in [6.07, 6.45) is 3.54. The summed E-state index contributed by atoms with van der Waals surface area (Å²) < 4.78 is 18.3. The molecule has 2 aromatic carbocycles. The number of carbonyl (C=O) groups excluding carboxylic acids is 1. The van der Waals surface area contributed by atoms with Crippen LogP contribution in [0.2, 0.25) is 0 Å². The smallest absolute Gasteiger partial charge is 0.211 e. The molecule has 0 saturated heterocycles. The van der Waals surface area contributed by atoms with Gasteiger partial charge in [-0.1, -0.05) is 29.5 Å². The van der Waals surface area contributed by atoms with E-state index in [1.165, 1.54) is 24.3 Å². The number of aryl methyl sites for hydroxylation is 1. The maximum absolute atomic E-state index is 13.3. The lowest BCUT2D eigenvalue weighted by Crippen LogP contribution is -2.08. The number of pyridine rings is 1. The molecule has 5 rings (SSSR count). The van der Waals surface area contributed by atoms with Gasteiger partial charge in [0.25, 0.3) is 0 Å². The minimum Gasteiger partial charge on any atom is -0.318 e. The monoisotopic (exact) mass is 442 g/mol. The summed E-state index contributed by atoms with van der Waals surface area (Å²) >= 11 is 1.57. The summed E-state index contributed by atoms with van der Waals surface area (Å²) in [6, 6.07) is 19.4. The number of aromatic nitrogens is 2. The van der Waals surface area contributed by atoms with Crippen molar-refractivity contribution in [2.24, 2.45) is 17.3 Å². The van der Waals surface area contributed by atoms with Crippen LogP contribution in [0.1, 0.15) is 27.2 Å². The van der Waals surface area contributed by atoms with Crippen LogP contribution in [-0.2, 0) is 7.05 Å². The van der Waals surface area contributed by atoms with E-state index >= 15 is 0 Å². The SMILES string of the molecule is Cc1c(/C=N\N=c2/sc3ccccc3n2C)c2ccccn2c1C(=O)c1ccc(F)cc1. The van der Waals surface area contributed by atoms with Crippen molar-refractivity contribution >= 4 is 39.1 Å². The van der Waals surface area contributed by atoms with Gasteiger partial charge in [-0.15, -0.1) is 5.10 Å². The van der Waals surface area contributed by atoms with Crippen molar-refractivity contribution < 1.29 is 9.18 Å². The maximum atomic E-state index is 13.3. The fourth-order valence-electron chi connectivity index (χ4n) is 3.85. The number of halogens is 1. The van der Waals surface area contributed by atoms with Crippen LogP contribution in [0.15, 0.2) is 83.1 Å². The maximum Gasteiger partial charge on any atom is 0.211 e. The predicted molar refractivity (Wildman–Crippen MR) is 126 cm³/mol. The first-order chi connectivity index (χ1) is 15.5. The normalized spacial score (nSPS) is 12.4. The lowest BCUT2D eigenvalue weighted by molar-refractivity contribution is 0.103. The number of carbonyl (C=O) groups is 1. The molecule has 0 aliphatic heterocycles. The van der Waals surface area contributed by atoms with Crippen molar-refractivity contribution in [2.45, 2.75) is 6.92 Å². The minimum absolute atomic E-state index is 0.170. The Hall–Kier alpha value is -3.84. The molecule has 5 nitrogen and oxygen atoms in total. The number of para-hydroxylation sites is 1. The number of hydrogen-bond acceptors (Lipinski definition) is 4. The number of hydrogen-bond donors (Lipinski definition) is 0. The third-order valence-electron chi connectivity index (χ3n) is 5.50. The molecule has 0 bridgehead atoms. The van der Waals surface area contributed by atoms with Crippen LogP contribution in [0, 0.1) is 12.7 Å². The molecule has 3 aromatic heterocycles. The molecule has 0 atom stereocenters. The van der Waals surface area contributed by atoms with Gasteiger partial charge in [-0.3, -0.25) is 4.79 Å². The molecule has 0 aliphatic rings. The average molecular weight is 443 g/mol. The molecule has 32 heavy (non-hydrogen) atoms. The molecule has 0 saturated carbocycles. The summed E-state index contributed by atoms with van der Waals surface area (Å²) in [4.78, 5) is 14.0. The first-order valence-corrected chi connectivity index (χ1v) is 10.9. The molecular formula is C25H19FN4OS. The molecule has 0 fully saturated rings. The van der Waals surface area contributed by atoms with Gasteiger partial charge in [-0.2, -0.15) is 5.10 Å². The highest BCUT2D eigenvalue weighted by molar-refractivity contribution is 7.16. The molecule has 0 spiro atoms. The molecule has 158 valence electrons. The third-order valence-corrected chi connectivity index (χ3v) is 6.61. The summed E-state index contributed by atoms with van der Waals surface area (Å²) in [5.74, 6) is -0.543. The Labute approximate surface area is 187 Å². The number of ketones is 1. The van der Waals surface area contributed by atoms with Gasteiger partial charge >= 0.3 is 0 Å². The average Bonchev–Trinajstić information content (AvgIpc) is 3.28. The lowest BCUT2D eigenvalue weighted by atomic mass is 10.0. The highest BCUT2D eigenvalue weighted by Gasteiger charge is 2.20. The number of nitrogens with zero attached hydrogens (tertiary/aromatic N) is 4. The van der Waals surface area contributed by atoms with E-state index in [2.05, 4.69) is 16.3 Å². The number of fused-ring (bicyclic) bond motifs is 2. The van der Waals surface area contributed by atoms with Crippen LogP contribution in [-0.4, -0.2) is 21.0 Å². The van der Waals surface area contributed by atoms with Crippen molar-refractivity contribution in [3.05, 3.63) is 106 Å². The number of thiazole rings is 1. The van der Waals surface area contributed by atoms with Crippen LogP contribution in [0.3, 0.4) is 0 Å². The fourth-order valence-corrected chi connectivity index (χ4v) is 4.83. The molecule has 7 heteroatoms. The van der Waals surface area contributed by atoms with Crippen molar-refractivity contribution in [1.82, 2.24) is 8.97 Å². The first kappa shape index (κ1) is 20.1. The fraction of sp³-hybridized carbons (Fsp3) is 0.0800. The van der Waals surface area contributed by atoms with Crippen molar-refractivity contribution in [1.29, 1.82) is 0 Å². The van der Waals surface area contributed by atoms with Gasteiger partial charge in [0.1, 0.15) is 5.82 Å². The molecule has 3 heterocycles. The van der Waals surface area contributed by atoms with E-state index in [0.29, 0.717) is 11.3 Å². The molecule has 0 unspecified atom stereocenters.